The molecule has 10 atom stereocenters. The summed E-state index contributed by atoms with van der Waals surface area (Å²) in [4.78, 5) is 188. The average molecular weight is 1540 g/mol. The molecule has 2 aromatic rings. The zero-order valence-electron chi connectivity index (χ0n) is 62.7. The van der Waals surface area contributed by atoms with Gasteiger partial charge in [-0.15, -0.1) is 0 Å². The second-order valence-electron chi connectivity index (χ2n) is 29.2. The predicted molar refractivity (Wildman–Crippen MR) is 370 cm³/mol. The third kappa shape index (κ3) is 20.1. The lowest BCUT2D eigenvalue weighted by molar-refractivity contribution is -0.178. The lowest BCUT2D eigenvalue weighted by atomic mass is 9.71. The number of amides is 12. The highest BCUT2D eigenvalue weighted by Gasteiger charge is 2.64. The summed E-state index contributed by atoms with van der Waals surface area (Å²) in [6.45, 7) is 3.91. The topological polar surface area (TPSA) is 279 Å². The van der Waals surface area contributed by atoms with Gasteiger partial charge in [-0.25, -0.2) is 17.6 Å². The Kier molecular flexibility index (Phi) is 28.5. The van der Waals surface area contributed by atoms with Gasteiger partial charge >= 0.3 is 12.4 Å². The van der Waals surface area contributed by atoms with Crippen LogP contribution in [0.2, 0.25) is 0 Å². The summed E-state index contributed by atoms with van der Waals surface area (Å²) >= 11 is 0. The molecule has 108 heavy (non-hydrogen) atoms. The summed E-state index contributed by atoms with van der Waals surface area (Å²) in [6, 6.07) is -8.53. The normalized spacial score (nSPS) is 26.5. The Morgan fingerprint density at radius 2 is 1.29 bits per heavy atom. The summed E-state index contributed by atoms with van der Waals surface area (Å²) in [5.41, 5.74) is -6.25. The summed E-state index contributed by atoms with van der Waals surface area (Å²) < 4.78 is 151. The van der Waals surface area contributed by atoms with Crippen LogP contribution in [0.5, 0.6) is 0 Å². The Hall–Kier alpha value is -8.92. The van der Waals surface area contributed by atoms with Crippen LogP contribution in [-0.2, 0) is 87.5 Å². The van der Waals surface area contributed by atoms with Crippen LogP contribution in [0.15, 0.2) is 48.6 Å². The number of halogens is 10. The van der Waals surface area contributed by atoms with Gasteiger partial charge in [0.05, 0.1) is 31.2 Å². The van der Waals surface area contributed by atoms with Crippen molar-refractivity contribution < 1.29 is 106 Å². The molecule has 2 aromatic carbocycles. The molecule has 35 heteroatoms. The molecule has 3 N–H and O–H groups in total. The summed E-state index contributed by atoms with van der Waals surface area (Å²) in [5, 5.41) is 7.64. The minimum absolute atomic E-state index is 0.0485. The van der Waals surface area contributed by atoms with Gasteiger partial charge in [0.25, 0.3) is 5.92 Å². The van der Waals surface area contributed by atoms with Gasteiger partial charge in [-0.1, -0.05) is 64.3 Å². The van der Waals surface area contributed by atoms with E-state index in [4.69, 9.17) is 4.74 Å². The molecule has 0 unspecified atom stereocenters. The smallest absolute Gasteiger partial charge is 0.377 e. The molecular formula is C73H98F10N12O13. The van der Waals surface area contributed by atoms with Gasteiger partial charge in [0.15, 0.2) is 0 Å². The zero-order chi connectivity index (χ0) is 80.6. The third-order valence-electron chi connectivity index (χ3n) is 21.3. The van der Waals surface area contributed by atoms with Crippen LogP contribution >= 0.6 is 0 Å². The lowest BCUT2D eigenvalue weighted by Crippen LogP contribution is -2.72. The minimum atomic E-state index is -5.50. The van der Waals surface area contributed by atoms with Crippen LogP contribution in [0.1, 0.15) is 133 Å². The highest BCUT2D eigenvalue weighted by molar-refractivity contribution is 6.01. The zero-order valence-corrected chi connectivity index (χ0v) is 62.7. The van der Waals surface area contributed by atoms with Crippen molar-refractivity contribution in [2.24, 2.45) is 11.8 Å². The second-order valence-corrected chi connectivity index (χ2v) is 29.2. The van der Waals surface area contributed by atoms with Crippen LogP contribution in [0.25, 0.3) is 0 Å². The number of hydrogen-bond donors (Lipinski definition) is 3. The molecule has 7 rings (SSSR count). The van der Waals surface area contributed by atoms with Crippen molar-refractivity contribution in [1.29, 1.82) is 0 Å². The van der Waals surface area contributed by atoms with E-state index in [0.29, 0.717) is 37.8 Å². The molecule has 598 valence electrons. The van der Waals surface area contributed by atoms with Gasteiger partial charge in [0.1, 0.15) is 71.1 Å². The van der Waals surface area contributed by atoms with Crippen molar-refractivity contribution in [2.45, 2.75) is 202 Å². The number of ether oxygens (including phenoxy) is 1. The van der Waals surface area contributed by atoms with E-state index in [1.807, 2.05) is 0 Å². The minimum Gasteiger partial charge on any atom is -0.377 e. The van der Waals surface area contributed by atoms with Crippen LogP contribution < -0.4 is 16.0 Å². The first-order chi connectivity index (χ1) is 50.4. The molecule has 1 spiro atoms. The van der Waals surface area contributed by atoms with E-state index in [9.17, 15) is 55.1 Å². The number of carbonyl (C=O) groups excluding carboxylic acids is 12. The quantitative estimate of drug-likeness (QED) is 0.179. The fourth-order valence-electron chi connectivity index (χ4n) is 15.0. The maximum absolute atomic E-state index is 15.7. The number of nitrogens with zero attached hydrogens (tertiary/aromatic N) is 9. The number of benzene rings is 2. The second kappa shape index (κ2) is 35.6. The Morgan fingerprint density at radius 1 is 0.676 bits per heavy atom. The molecule has 25 nitrogen and oxygen atoms in total. The third-order valence-corrected chi connectivity index (χ3v) is 21.3. The molecule has 12 amide bonds. The highest BCUT2D eigenvalue weighted by Crippen LogP contribution is 2.48. The molecule has 2 saturated carbocycles. The van der Waals surface area contributed by atoms with Gasteiger partial charge in [0.2, 0.25) is 70.9 Å². The van der Waals surface area contributed by atoms with Crippen molar-refractivity contribution in [3.63, 3.8) is 0 Å². The fourth-order valence-corrected chi connectivity index (χ4v) is 15.0. The maximum atomic E-state index is 15.7. The van der Waals surface area contributed by atoms with Crippen molar-refractivity contribution in [3.8, 4) is 0 Å². The van der Waals surface area contributed by atoms with E-state index < -0.39 is 254 Å². The van der Waals surface area contributed by atoms with Crippen LogP contribution in [0.3, 0.4) is 0 Å². The van der Waals surface area contributed by atoms with Gasteiger partial charge < -0.3 is 64.8 Å². The van der Waals surface area contributed by atoms with Gasteiger partial charge in [-0.2, -0.15) is 26.3 Å². The number of nitrogens with one attached hydrogen (secondary N) is 3. The number of hydrogen-bond acceptors (Lipinski definition) is 13. The molecule has 4 fully saturated rings. The first-order valence-corrected chi connectivity index (χ1v) is 36.1. The summed E-state index contributed by atoms with van der Waals surface area (Å²) in [5.74, 6) is -20.8. The van der Waals surface area contributed by atoms with E-state index >= 15 is 46.3 Å². The number of rotatable bonds is 12. The van der Waals surface area contributed by atoms with E-state index in [0.717, 1.165) is 82.5 Å². The van der Waals surface area contributed by atoms with E-state index in [1.54, 1.807) is 39.8 Å². The Bertz CT molecular complexity index is 3680. The monoisotopic (exact) mass is 1540 g/mol. The fraction of sp³-hybridized carbons (Fsp3) is 0.644. The van der Waals surface area contributed by atoms with Crippen LogP contribution in [-0.4, -0.2) is 270 Å². The Morgan fingerprint density at radius 3 is 1.84 bits per heavy atom. The van der Waals surface area contributed by atoms with Crippen LogP contribution in [0.4, 0.5) is 43.9 Å². The summed E-state index contributed by atoms with van der Waals surface area (Å²) in [7, 11) is 9.93. The van der Waals surface area contributed by atoms with Crippen molar-refractivity contribution in [1.82, 2.24) is 60.0 Å². The van der Waals surface area contributed by atoms with Gasteiger partial charge in [-0.3, -0.25) is 57.5 Å². The van der Waals surface area contributed by atoms with Crippen LogP contribution in [0, 0.1) is 23.5 Å². The van der Waals surface area contributed by atoms with Crippen molar-refractivity contribution in [2.75, 3.05) is 89.2 Å². The number of aryl methyl sites for hydroxylation is 1. The van der Waals surface area contributed by atoms with E-state index in [2.05, 4.69) is 16.0 Å². The largest absolute Gasteiger partial charge is 0.422 e. The standard InChI is InChI=1S/C73H98F10N12O13/c1-13-41(4)59-67(105)89(8)38-57(98)91(10)51-23-17-16-20-30-94(66(51)104)54(33-42-24-27-45(28-25-42)72(78,79)80)65(103)88(7)37-55(96)84-49(29-26-43-31-47(74)58(48(75)32-43)73(81,82)83)63(101)95-36-46(108-15-3)34-52(95)62(100)86-70(39-71(76,77)40-70)69(107)93(12)60(44-21-18-19-22-44)68(106)92(11)53(64(102)87(5)6)35-56(97)90(9)50(14-2)61(99)85-59/h16-17,24-25,27-28,31-32,41,44,46,49-54,59-60H,13-15,18-23,26,29-30,33-40H2,1-12H3,(H,84,96)(H,85,99)(H,86,100)/b17-16-/t41-,46+,49-,50-,51-,52-,53-,54-,59-,60-/m0/s1. The molecule has 0 radical (unpaired) electrons. The Labute approximate surface area is 620 Å². The molecule has 5 aliphatic rings. The number of fused-ring (bicyclic) bond motifs is 3. The molecular weight excluding hydrogens is 1440 g/mol. The number of alkyl halides is 8. The lowest BCUT2D eigenvalue weighted by Gasteiger charge is -2.50. The van der Waals surface area contributed by atoms with Crippen molar-refractivity contribution >= 4 is 70.9 Å². The molecule has 2 saturated heterocycles. The number of likely N-dealkylation sites (N-methyl/N-ethyl adjacent to an activating group) is 7. The maximum Gasteiger partial charge on any atom is 0.422 e. The molecule has 3 heterocycles. The number of carbonyl (C=O) groups is 12. The SMILES string of the molecule is CCO[C@@H]1C[C@H]2C(=O)NC3(CC(F)(F)C3)C(=O)N(C)[C@@H](C3CCCC3)C(=O)N(C)[C@H](C(=O)N(C)C)CC(=O)N(C)[C@@H](CC)C(=O)N[C@@H]([C@@H](C)CC)C(=O)N(C)CC(=O)N(C)[C@H]3C/C=C\CCN(C3=O)[C@@H](Cc3ccc(C(F)(F)F)cc3)C(=O)N(C)CC(=O)N[C@@H](CCc3cc(F)c(C(F)(F)F)c(F)c3)C(=O)N2C1. The van der Waals surface area contributed by atoms with E-state index in [1.165, 1.54) is 42.3 Å². The van der Waals surface area contributed by atoms with Gasteiger partial charge in [0, 0.05) is 102 Å². The van der Waals surface area contributed by atoms with Crippen molar-refractivity contribution in [3.05, 3.63) is 82.4 Å². The average Bonchev–Trinajstić information content (AvgIpc) is 0.874. The highest BCUT2D eigenvalue weighted by atomic mass is 19.4. The van der Waals surface area contributed by atoms with Gasteiger partial charge in [-0.05, 0) is 99.1 Å². The molecule has 2 bridgehead atoms. The van der Waals surface area contributed by atoms with E-state index in [-0.39, 0.29) is 44.4 Å². The summed E-state index contributed by atoms with van der Waals surface area (Å²) in [6.07, 6.45) is -12.2. The molecule has 2 aliphatic carbocycles. The molecule has 3 aliphatic heterocycles. The Balaban J connectivity index is 1.36. The first-order valence-electron chi connectivity index (χ1n) is 36.1. The predicted octanol–water partition coefficient (Wildman–Crippen LogP) is 5.35. The first kappa shape index (κ1) is 86.3. The molecule has 0 aromatic heterocycles.